The number of aryl methyl sites for hydroxylation is 1. The van der Waals surface area contributed by atoms with Crippen molar-refractivity contribution in [2.75, 3.05) is 20.2 Å². The Hall–Kier alpha value is -1.60. The molecule has 1 fully saturated rings. The molecule has 0 spiro atoms. The summed E-state index contributed by atoms with van der Waals surface area (Å²) >= 11 is 0. The van der Waals surface area contributed by atoms with E-state index in [1.807, 2.05) is 6.92 Å². The maximum atomic E-state index is 12.5. The third-order valence-corrected chi connectivity index (χ3v) is 5.91. The van der Waals surface area contributed by atoms with Crippen LogP contribution < -0.4 is 9.46 Å². The smallest absolute Gasteiger partial charge is 0.244 e. The van der Waals surface area contributed by atoms with Gasteiger partial charge in [-0.2, -0.15) is 0 Å². The molecule has 134 valence electrons. The van der Waals surface area contributed by atoms with Crippen molar-refractivity contribution in [3.8, 4) is 5.75 Å². The summed E-state index contributed by atoms with van der Waals surface area (Å²) in [6.45, 7) is 3.94. The van der Waals surface area contributed by atoms with E-state index in [9.17, 15) is 13.2 Å². The van der Waals surface area contributed by atoms with Crippen LogP contribution in [0, 0.1) is 6.92 Å². The Morgan fingerprint density at radius 1 is 1.33 bits per heavy atom. The van der Waals surface area contributed by atoms with Gasteiger partial charge in [0.2, 0.25) is 15.9 Å². The second-order valence-corrected chi connectivity index (χ2v) is 7.94. The first-order valence-electron chi connectivity index (χ1n) is 8.26. The average molecular weight is 354 g/mol. The van der Waals surface area contributed by atoms with E-state index in [4.69, 9.17) is 4.74 Å². The molecule has 0 atom stereocenters. The van der Waals surface area contributed by atoms with E-state index in [2.05, 4.69) is 4.72 Å². The van der Waals surface area contributed by atoms with Gasteiger partial charge in [-0.1, -0.05) is 18.9 Å². The average Bonchev–Trinajstić information content (AvgIpc) is 3.05. The summed E-state index contributed by atoms with van der Waals surface area (Å²) in [7, 11) is -2.24. The molecule has 0 unspecified atom stereocenters. The van der Waals surface area contributed by atoms with Gasteiger partial charge in [0.25, 0.3) is 0 Å². The lowest BCUT2D eigenvalue weighted by molar-refractivity contribution is -0.130. The molecule has 0 bridgehead atoms. The highest BCUT2D eigenvalue weighted by molar-refractivity contribution is 7.89. The summed E-state index contributed by atoms with van der Waals surface area (Å²) < 4.78 is 32.8. The van der Waals surface area contributed by atoms with E-state index in [1.165, 1.54) is 14.0 Å². The number of methoxy groups -OCH3 is 1. The second-order valence-electron chi connectivity index (χ2n) is 6.20. The Labute approximate surface area is 144 Å². The van der Waals surface area contributed by atoms with Crippen LogP contribution in [0.15, 0.2) is 23.1 Å². The van der Waals surface area contributed by atoms with Crippen LogP contribution in [0.3, 0.4) is 0 Å². The molecule has 0 saturated heterocycles. The summed E-state index contributed by atoms with van der Waals surface area (Å²) in [5.74, 6) is 0.307. The molecular weight excluding hydrogens is 328 g/mol. The number of ether oxygens (including phenoxy) is 1. The van der Waals surface area contributed by atoms with Gasteiger partial charge in [0.05, 0.1) is 7.11 Å². The predicted molar refractivity (Wildman–Crippen MR) is 92.6 cm³/mol. The lowest BCUT2D eigenvalue weighted by Gasteiger charge is -2.28. The van der Waals surface area contributed by atoms with Crippen molar-refractivity contribution in [3.05, 3.63) is 23.8 Å². The number of amides is 1. The van der Waals surface area contributed by atoms with Gasteiger partial charge >= 0.3 is 0 Å². The molecule has 0 radical (unpaired) electrons. The van der Waals surface area contributed by atoms with Crippen molar-refractivity contribution in [1.82, 2.24) is 9.62 Å². The van der Waals surface area contributed by atoms with E-state index >= 15 is 0 Å². The Bertz CT molecular complexity index is 682. The van der Waals surface area contributed by atoms with E-state index in [0.717, 1.165) is 31.2 Å². The first-order chi connectivity index (χ1) is 11.3. The quantitative estimate of drug-likeness (QED) is 0.813. The molecule has 7 heteroatoms. The fraction of sp³-hybridized carbons (Fsp3) is 0.588. The number of benzene rings is 1. The number of nitrogens with zero attached hydrogens (tertiary/aromatic N) is 1. The van der Waals surface area contributed by atoms with Crippen molar-refractivity contribution in [2.24, 2.45) is 0 Å². The summed E-state index contributed by atoms with van der Waals surface area (Å²) in [6.07, 6.45) is 4.25. The molecule has 6 nitrogen and oxygen atoms in total. The van der Waals surface area contributed by atoms with Crippen molar-refractivity contribution in [1.29, 1.82) is 0 Å². The van der Waals surface area contributed by atoms with Gasteiger partial charge in [0.1, 0.15) is 10.6 Å². The van der Waals surface area contributed by atoms with Gasteiger partial charge in [-0.25, -0.2) is 13.1 Å². The molecule has 1 saturated carbocycles. The molecule has 24 heavy (non-hydrogen) atoms. The molecule has 0 heterocycles. The zero-order valence-electron chi connectivity index (χ0n) is 14.5. The Morgan fingerprint density at radius 2 is 2.00 bits per heavy atom. The fourth-order valence-electron chi connectivity index (χ4n) is 3.19. The maximum Gasteiger partial charge on any atom is 0.244 e. The lowest BCUT2D eigenvalue weighted by Crippen LogP contribution is -2.42. The number of carbonyl (C=O) groups excluding carboxylic acids is 1. The van der Waals surface area contributed by atoms with Crippen molar-refractivity contribution < 1.29 is 17.9 Å². The summed E-state index contributed by atoms with van der Waals surface area (Å²) in [6, 6.07) is 5.26. The minimum absolute atomic E-state index is 0.00534. The second kappa shape index (κ2) is 7.98. The molecule has 1 N–H and O–H groups in total. The first-order valence-corrected chi connectivity index (χ1v) is 9.75. The zero-order valence-corrected chi connectivity index (χ0v) is 15.4. The highest BCUT2D eigenvalue weighted by Crippen LogP contribution is 2.25. The summed E-state index contributed by atoms with van der Waals surface area (Å²) in [4.78, 5) is 13.7. The monoisotopic (exact) mass is 354 g/mol. The summed E-state index contributed by atoms with van der Waals surface area (Å²) in [5.41, 5.74) is 0.840. The molecule has 1 aliphatic carbocycles. The van der Waals surface area contributed by atoms with Crippen LogP contribution >= 0.6 is 0 Å². The topological polar surface area (TPSA) is 75.7 Å². The van der Waals surface area contributed by atoms with Crippen LogP contribution in [-0.4, -0.2) is 45.5 Å². The van der Waals surface area contributed by atoms with E-state index in [0.29, 0.717) is 12.3 Å². The number of hydrogen-bond acceptors (Lipinski definition) is 4. The molecule has 1 aliphatic rings. The van der Waals surface area contributed by atoms with Crippen LogP contribution in [0.5, 0.6) is 5.75 Å². The summed E-state index contributed by atoms with van der Waals surface area (Å²) in [5, 5.41) is 0. The third kappa shape index (κ3) is 4.48. The molecule has 1 amide bonds. The minimum Gasteiger partial charge on any atom is -0.495 e. The number of hydrogen-bond donors (Lipinski definition) is 1. The van der Waals surface area contributed by atoms with Gasteiger partial charge in [-0.3, -0.25) is 4.79 Å². The number of nitrogens with one attached hydrogen (secondary N) is 1. The normalized spacial score (nSPS) is 15.5. The van der Waals surface area contributed by atoms with Crippen LogP contribution in [0.2, 0.25) is 0 Å². The Balaban J connectivity index is 2.04. The largest absolute Gasteiger partial charge is 0.495 e. The van der Waals surface area contributed by atoms with Crippen LogP contribution in [0.1, 0.15) is 38.2 Å². The molecular formula is C17H26N2O4S. The van der Waals surface area contributed by atoms with Crippen LogP contribution in [-0.2, 0) is 14.8 Å². The standard InChI is InChI=1S/C17H26N2O4S/c1-13-8-9-16(23-3)17(12-13)24(21,22)18-10-11-19(14(2)20)15-6-4-5-7-15/h8-9,12,15,18H,4-7,10-11H2,1-3H3. The molecule has 0 aromatic heterocycles. The van der Waals surface area contributed by atoms with E-state index in [1.54, 1.807) is 23.1 Å². The SMILES string of the molecule is COc1ccc(C)cc1S(=O)(=O)NCCN(C(C)=O)C1CCCC1. The molecule has 1 aromatic carbocycles. The van der Waals surface area contributed by atoms with Crippen molar-refractivity contribution in [3.63, 3.8) is 0 Å². The first kappa shape index (κ1) is 18.7. The van der Waals surface area contributed by atoms with Gasteiger partial charge < -0.3 is 9.64 Å². The Kier molecular flexibility index (Phi) is 6.23. The van der Waals surface area contributed by atoms with Gasteiger partial charge in [-0.15, -0.1) is 0 Å². The van der Waals surface area contributed by atoms with Crippen LogP contribution in [0.4, 0.5) is 0 Å². The zero-order chi connectivity index (χ0) is 17.7. The van der Waals surface area contributed by atoms with Crippen molar-refractivity contribution in [2.45, 2.75) is 50.5 Å². The third-order valence-electron chi connectivity index (χ3n) is 4.42. The number of rotatable bonds is 7. The Morgan fingerprint density at radius 3 is 2.58 bits per heavy atom. The van der Waals surface area contributed by atoms with Gasteiger partial charge in [0, 0.05) is 26.1 Å². The highest BCUT2D eigenvalue weighted by atomic mass is 32.2. The van der Waals surface area contributed by atoms with Gasteiger partial charge in [0.15, 0.2) is 0 Å². The van der Waals surface area contributed by atoms with Gasteiger partial charge in [-0.05, 0) is 37.5 Å². The van der Waals surface area contributed by atoms with Crippen molar-refractivity contribution >= 4 is 15.9 Å². The van der Waals surface area contributed by atoms with Crippen LogP contribution in [0.25, 0.3) is 0 Å². The lowest BCUT2D eigenvalue weighted by atomic mass is 10.2. The molecule has 2 rings (SSSR count). The van der Waals surface area contributed by atoms with E-state index < -0.39 is 10.0 Å². The maximum absolute atomic E-state index is 12.5. The number of carbonyl (C=O) groups is 1. The molecule has 1 aromatic rings. The predicted octanol–water partition coefficient (Wildman–Crippen LogP) is 2.07. The fourth-order valence-corrected chi connectivity index (χ4v) is 4.46. The minimum atomic E-state index is -3.68. The van der Waals surface area contributed by atoms with E-state index in [-0.39, 0.29) is 23.4 Å². The molecule has 0 aliphatic heterocycles. The number of sulfonamides is 1. The highest BCUT2D eigenvalue weighted by Gasteiger charge is 2.25.